The average molecular weight is 345 g/mol. The van der Waals surface area contributed by atoms with Crippen molar-refractivity contribution in [2.75, 3.05) is 25.0 Å². The molecule has 0 aromatic heterocycles. The Bertz CT molecular complexity index is 482. The van der Waals surface area contributed by atoms with Gasteiger partial charge in [-0.1, -0.05) is 6.92 Å². The Labute approximate surface area is 142 Å². The van der Waals surface area contributed by atoms with Crippen LogP contribution in [0, 0.1) is 10.1 Å². The highest BCUT2D eigenvalue weighted by atomic mass is 35.5. The lowest BCUT2D eigenvalue weighted by atomic mass is 10.2. The zero-order chi connectivity index (χ0) is 16.4. The molecule has 23 heavy (non-hydrogen) atoms. The zero-order valence-electron chi connectivity index (χ0n) is 13.5. The van der Waals surface area contributed by atoms with E-state index in [4.69, 9.17) is 0 Å². The van der Waals surface area contributed by atoms with E-state index < -0.39 is 4.92 Å². The highest BCUT2D eigenvalue weighted by Gasteiger charge is 2.05. The normalized spacial score (nSPS) is 11.2. The van der Waals surface area contributed by atoms with Crippen LogP contribution in [0.5, 0.6) is 0 Å². The topological polar surface area (TPSA) is 96.3 Å². The molecule has 3 N–H and O–H groups in total. The molecule has 0 unspecified atom stereocenters. The van der Waals surface area contributed by atoms with Crippen molar-refractivity contribution in [3.63, 3.8) is 0 Å². The molecule has 0 fully saturated rings. The monoisotopic (exact) mass is 344 g/mol. The van der Waals surface area contributed by atoms with Crippen LogP contribution in [0.1, 0.15) is 26.7 Å². The van der Waals surface area contributed by atoms with Crippen LogP contribution in [0.15, 0.2) is 24.3 Å². The summed E-state index contributed by atoms with van der Waals surface area (Å²) in [6.45, 7) is 6.22. The summed E-state index contributed by atoms with van der Waals surface area (Å²) in [5, 5.41) is 19.8. The first-order valence-corrected chi connectivity index (χ1v) is 7.51. The Morgan fingerprint density at radius 2 is 1.96 bits per heavy atom. The van der Waals surface area contributed by atoms with E-state index in [0.717, 1.165) is 12.2 Å². The van der Waals surface area contributed by atoms with Crippen molar-refractivity contribution in [2.24, 2.45) is 0 Å². The molecule has 1 atom stereocenters. The summed E-state index contributed by atoms with van der Waals surface area (Å²) in [5.74, 6) is 0.0373. The standard InChI is InChI=1S/C15H24N4O3.ClH/c1-3-16-12(2)11-18-15(20)5-4-10-17-13-6-8-14(9-7-13)19(21)22;/h6-9,12,16-17H,3-5,10-11H2,1-2H3,(H,18,20);1H/t12-;/m1./s1. The summed E-state index contributed by atoms with van der Waals surface area (Å²) < 4.78 is 0. The molecule has 1 aromatic carbocycles. The van der Waals surface area contributed by atoms with Gasteiger partial charge in [0, 0.05) is 43.4 Å². The second-order valence-corrected chi connectivity index (χ2v) is 5.10. The molecular formula is C15H25ClN4O3. The van der Waals surface area contributed by atoms with Crippen LogP contribution >= 0.6 is 12.4 Å². The van der Waals surface area contributed by atoms with Gasteiger partial charge in [-0.25, -0.2) is 0 Å². The number of hydrogen-bond donors (Lipinski definition) is 3. The smallest absolute Gasteiger partial charge is 0.269 e. The highest BCUT2D eigenvalue weighted by Crippen LogP contribution is 2.15. The maximum Gasteiger partial charge on any atom is 0.269 e. The second kappa shape index (κ2) is 11.7. The fourth-order valence-corrected chi connectivity index (χ4v) is 1.96. The molecule has 0 spiro atoms. The van der Waals surface area contributed by atoms with E-state index in [1.54, 1.807) is 12.1 Å². The largest absolute Gasteiger partial charge is 0.385 e. The fourth-order valence-electron chi connectivity index (χ4n) is 1.96. The summed E-state index contributed by atoms with van der Waals surface area (Å²) in [6, 6.07) is 6.51. The van der Waals surface area contributed by atoms with Crippen LogP contribution < -0.4 is 16.0 Å². The molecule has 0 heterocycles. The lowest BCUT2D eigenvalue weighted by Crippen LogP contribution is -2.38. The SMILES string of the molecule is CCN[C@H](C)CNC(=O)CCCNc1ccc([N+](=O)[O-])cc1.Cl. The van der Waals surface area contributed by atoms with E-state index in [1.165, 1.54) is 12.1 Å². The third-order valence-electron chi connectivity index (χ3n) is 3.15. The van der Waals surface area contributed by atoms with Crippen molar-refractivity contribution < 1.29 is 9.72 Å². The van der Waals surface area contributed by atoms with Gasteiger partial charge in [-0.15, -0.1) is 12.4 Å². The van der Waals surface area contributed by atoms with Crippen LogP contribution in [0.25, 0.3) is 0 Å². The quantitative estimate of drug-likeness (QED) is 0.344. The lowest BCUT2D eigenvalue weighted by molar-refractivity contribution is -0.384. The van der Waals surface area contributed by atoms with Gasteiger partial charge in [-0.2, -0.15) is 0 Å². The van der Waals surface area contributed by atoms with Crippen molar-refractivity contribution in [3.8, 4) is 0 Å². The first kappa shape index (κ1) is 21.1. The molecule has 1 rings (SSSR count). The van der Waals surface area contributed by atoms with Gasteiger partial charge in [0.15, 0.2) is 0 Å². The number of nitrogens with zero attached hydrogens (tertiary/aromatic N) is 1. The van der Waals surface area contributed by atoms with E-state index in [9.17, 15) is 14.9 Å². The molecule has 0 aliphatic carbocycles. The van der Waals surface area contributed by atoms with Crippen LogP contribution in [0.4, 0.5) is 11.4 Å². The predicted octanol–water partition coefficient (Wildman–Crippen LogP) is 2.32. The minimum atomic E-state index is -0.428. The van der Waals surface area contributed by atoms with Crippen LogP contribution in [0.3, 0.4) is 0 Å². The molecule has 7 nitrogen and oxygen atoms in total. The Balaban J connectivity index is 0.00000484. The van der Waals surface area contributed by atoms with Crippen molar-refractivity contribution in [2.45, 2.75) is 32.7 Å². The highest BCUT2D eigenvalue weighted by molar-refractivity contribution is 5.85. The molecule has 0 radical (unpaired) electrons. The third kappa shape index (κ3) is 9.00. The maximum atomic E-state index is 11.6. The second-order valence-electron chi connectivity index (χ2n) is 5.10. The van der Waals surface area contributed by atoms with Gasteiger partial charge < -0.3 is 16.0 Å². The van der Waals surface area contributed by atoms with Gasteiger partial charge in [0.05, 0.1) is 4.92 Å². The molecule has 0 saturated heterocycles. The first-order valence-electron chi connectivity index (χ1n) is 7.51. The van der Waals surface area contributed by atoms with Crippen molar-refractivity contribution in [1.82, 2.24) is 10.6 Å². The molecule has 0 saturated carbocycles. The number of rotatable bonds is 10. The number of nitrogens with one attached hydrogen (secondary N) is 3. The molecule has 0 aliphatic heterocycles. The molecular weight excluding hydrogens is 320 g/mol. The molecule has 0 aliphatic rings. The van der Waals surface area contributed by atoms with E-state index >= 15 is 0 Å². The molecule has 8 heteroatoms. The Kier molecular flexibility index (Phi) is 10.7. The number of nitro groups is 1. The number of halogens is 1. The number of amides is 1. The number of carbonyl (C=O) groups excluding carboxylic acids is 1. The average Bonchev–Trinajstić information content (AvgIpc) is 2.50. The van der Waals surface area contributed by atoms with Gasteiger partial charge in [-0.3, -0.25) is 14.9 Å². The maximum absolute atomic E-state index is 11.6. The number of likely N-dealkylation sites (N-methyl/N-ethyl adjacent to an activating group) is 1. The number of nitro benzene ring substituents is 1. The zero-order valence-corrected chi connectivity index (χ0v) is 14.3. The summed E-state index contributed by atoms with van der Waals surface area (Å²) in [7, 11) is 0. The minimum absolute atomic E-state index is 0. The Morgan fingerprint density at radius 3 is 2.52 bits per heavy atom. The van der Waals surface area contributed by atoms with E-state index in [2.05, 4.69) is 16.0 Å². The summed E-state index contributed by atoms with van der Waals surface area (Å²) in [5.41, 5.74) is 0.881. The first-order chi connectivity index (χ1) is 10.5. The third-order valence-corrected chi connectivity index (χ3v) is 3.15. The van der Waals surface area contributed by atoms with Gasteiger partial charge >= 0.3 is 0 Å². The van der Waals surface area contributed by atoms with Crippen molar-refractivity contribution in [1.29, 1.82) is 0 Å². The van der Waals surface area contributed by atoms with Gasteiger partial charge in [0.1, 0.15) is 0 Å². The lowest BCUT2D eigenvalue weighted by Gasteiger charge is -2.13. The summed E-state index contributed by atoms with van der Waals surface area (Å²) in [4.78, 5) is 21.7. The summed E-state index contributed by atoms with van der Waals surface area (Å²) >= 11 is 0. The number of benzene rings is 1. The predicted molar refractivity (Wildman–Crippen MR) is 94.2 cm³/mol. The fraction of sp³-hybridized carbons (Fsp3) is 0.533. The minimum Gasteiger partial charge on any atom is -0.385 e. The van der Waals surface area contributed by atoms with Crippen LogP contribution in [0.2, 0.25) is 0 Å². The van der Waals surface area contributed by atoms with E-state index in [-0.39, 0.29) is 30.0 Å². The molecule has 1 amide bonds. The van der Waals surface area contributed by atoms with Gasteiger partial charge in [0.2, 0.25) is 5.91 Å². The van der Waals surface area contributed by atoms with E-state index in [1.807, 2.05) is 13.8 Å². The Hall–Kier alpha value is -1.86. The number of carbonyl (C=O) groups is 1. The molecule has 1 aromatic rings. The number of non-ortho nitro benzene ring substituents is 1. The molecule has 130 valence electrons. The van der Waals surface area contributed by atoms with Gasteiger partial charge in [0.25, 0.3) is 5.69 Å². The van der Waals surface area contributed by atoms with E-state index in [0.29, 0.717) is 25.9 Å². The number of hydrogen-bond acceptors (Lipinski definition) is 5. The van der Waals surface area contributed by atoms with Gasteiger partial charge in [-0.05, 0) is 32.0 Å². The molecule has 0 bridgehead atoms. The number of anilines is 1. The van der Waals surface area contributed by atoms with Crippen molar-refractivity contribution in [3.05, 3.63) is 34.4 Å². The van der Waals surface area contributed by atoms with Crippen molar-refractivity contribution >= 4 is 29.7 Å². The summed E-state index contributed by atoms with van der Waals surface area (Å²) in [6.07, 6.45) is 1.16. The van der Waals surface area contributed by atoms with Crippen LogP contribution in [-0.4, -0.2) is 36.5 Å². The van der Waals surface area contributed by atoms with Crippen LogP contribution in [-0.2, 0) is 4.79 Å². The Morgan fingerprint density at radius 1 is 1.30 bits per heavy atom.